The monoisotopic (exact) mass is 667 g/mol. The molecule has 4 unspecified atom stereocenters. The molecule has 4 atom stereocenters. The third-order valence-corrected chi connectivity index (χ3v) is 10.9. The topological polar surface area (TPSA) is 49.7 Å². The van der Waals surface area contributed by atoms with Gasteiger partial charge in [-0.25, -0.2) is 0 Å². The van der Waals surface area contributed by atoms with Crippen molar-refractivity contribution in [2.24, 2.45) is 11.8 Å². The number of unbranched alkanes of at least 4 members (excludes halogenated alkanes) is 30. The Bertz CT molecular complexity index is 514. The van der Waals surface area contributed by atoms with Crippen molar-refractivity contribution in [3.8, 4) is 0 Å². The minimum absolute atomic E-state index is 0.215. The quantitative estimate of drug-likeness (QED) is 0.0640. The Hall–Kier alpha value is -0.120. The fourth-order valence-corrected chi connectivity index (χ4v) is 7.21. The van der Waals surface area contributed by atoms with Crippen LogP contribution in [0.1, 0.15) is 246 Å². The molecule has 3 heteroatoms. The highest BCUT2D eigenvalue weighted by Crippen LogP contribution is 2.21. The van der Waals surface area contributed by atoms with Crippen LogP contribution in [-0.2, 0) is 4.74 Å². The first kappa shape index (κ1) is 46.9. The van der Waals surface area contributed by atoms with E-state index in [0.29, 0.717) is 13.2 Å². The zero-order valence-corrected chi connectivity index (χ0v) is 33.1. The fourth-order valence-electron chi connectivity index (χ4n) is 7.21. The van der Waals surface area contributed by atoms with Crippen molar-refractivity contribution in [3.05, 3.63) is 0 Å². The van der Waals surface area contributed by atoms with E-state index in [0.717, 1.165) is 12.8 Å². The molecule has 47 heavy (non-hydrogen) atoms. The van der Waals surface area contributed by atoms with Gasteiger partial charge in [-0.2, -0.15) is 0 Å². The van der Waals surface area contributed by atoms with Gasteiger partial charge in [0.2, 0.25) is 0 Å². The molecule has 0 saturated heterocycles. The van der Waals surface area contributed by atoms with Gasteiger partial charge in [0.25, 0.3) is 0 Å². The summed E-state index contributed by atoms with van der Waals surface area (Å²) in [6.07, 6.45) is 45.9. The molecular formula is C44H90O3. The van der Waals surface area contributed by atoms with Crippen LogP contribution < -0.4 is 0 Å². The third kappa shape index (κ3) is 35.5. The smallest absolute Gasteiger partial charge is 0.0562 e. The van der Waals surface area contributed by atoms with Crippen molar-refractivity contribution in [3.63, 3.8) is 0 Å². The van der Waals surface area contributed by atoms with Crippen LogP contribution in [0.3, 0.4) is 0 Å². The van der Waals surface area contributed by atoms with Crippen LogP contribution in [0.2, 0.25) is 0 Å². The van der Waals surface area contributed by atoms with Crippen molar-refractivity contribution >= 4 is 0 Å². The zero-order valence-electron chi connectivity index (χ0n) is 33.1. The van der Waals surface area contributed by atoms with Crippen LogP contribution in [0.4, 0.5) is 0 Å². The molecule has 284 valence electrons. The Morgan fingerprint density at radius 1 is 0.319 bits per heavy atom. The summed E-state index contributed by atoms with van der Waals surface area (Å²) in [7, 11) is 0. The SMILES string of the molecule is CCCCCCCCCCCCCCCCCCC(COCC(CCCCCCCCCCCCCCCCCC)C(C)O)C(C)O. The molecule has 0 spiro atoms. The van der Waals surface area contributed by atoms with Gasteiger partial charge < -0.3 is 14.9 Å². The van der Waals surface area contributed by atoms with Gasteiger partial charge in [0.15, 0.2) is 0 Å². The summed E-state index contributed by atoms with van der Waals surface area (Å²) in [5.41, 5.74) is 0. The lowest BCUT2D eigenvalue weighted by molar-refractivity contribution is -0.00795. The number of ether oxygens (including phenoxy) is 1. The van der Waals surface area contributed by atoms with Crippen LogP contribution in [0.25, 0.3) is 0 Å². The van der Waals surface area contributed by atoms with E-state index < -0.39 is 0 Å². The Morgan fingerprint density at radius 3 is 0.702 bits per heavy atom. The number of hydrogen-bond acceptors (Lipinski definition) is 3. The molecule has 0 aliphatic heterocycles. The van der Waals surface area contributed by atoms with Crippen molar-refractivity contribution in [1.29, 1.82) is 0 Å². The van der Waals surface area contributed by atoms with Gasteiger partial charge in [-0.1, -0.05) is 219 Å². The molecule has 0 aromatic rings. The van der Waals surface area contributed by atoms with Crippen molar-refractivity contribution in [2.75, 3.05) is 13.2 Å². The fraction of sp³-hybridized carbons (Fsp3) is 1.00. The number of aliphatic hydroxyl groups is 2. The maximum atomic E-state index is 10.3. The lowest BCUT2D eigenvalue weighted by atomic mass is 9.95. The minimum atomic E-state index is -0.323. The molecule has 0 fully saturated rings. The number of aliphatic hydroxyl groups excluding tert-OH is 2. The standard InChI is InChI=1S/C44H90O3/c1-5-7-9-11-13-15-17-19-21-23-25-27-29-31-33-35-37-43(41(3)45)39-47-40-44(42(4)46)38-36-34-32-30-28-26-24-22-20-18-16-14-12-10-8-6-2/h41-46H,5-40H2,1-4H3. The van der Waals surface area contributed by atoms with E-state index in [1.165, 1.54) is 205 Å². The summed E-state index contributed by atoms with van der Waals surface area (Å²) in [4.78, 5) is 0. The minimum Gasteiger partial charge on any atom is -0.393 e. The molecule has 0 heterocycles. The van der Waals surface area contributed by atoms with Gasteiger partial charge in [0.05, 0.1) is 25.4 Å². The van der Waals surface area contributed by atoms with E-state index in [2.05, 4.69) is 13.8 Å². The van der Waals surface area contributed by atoms with E-state index >= 15 is 0 Å². The van der Waals surface area contributed by atoms with E-state index in [1.54, 1.807) is 0 Å². The van der Waals surface area contributed by atoms with Crippen LogP contribution >= 0.6 is 0 Å². The van der Waals surface area contributed by atoms with E-state index in [9.17, 15) is 10.2 Å². The van der Waals surface area contributed by atoms with Crippen molar-refractivity contribution in [2.45, 2.75) is 258 Å². The average Bonchev–Trinajstić information content (AvgIpc) is 3.05. The van der Waals surface area contributed by atoms with Crippen LogP contribution in [0.15, 0.2) is 0 Å². The average molecular weight is 667 g/mol. The molecule has 0 aromatic carbocycles. The second-order valence-electron chi connectivity index (χ2n) is 15.7. The second-order valence-corrected chi connectivity index (χ2v) is 15.7. The van der Waals surface area contributed by atoms with E-state index in [4.69, 9.17) is 4.74 Å². The van der Waals surface area contributed by atoms with Crippen molar-refractivity contribution in [1.82, 2.24) is 0 Å². The zero-order chi connectivity index (χ0) is 34.5. The first-order valence-electron chi connectivity index (χ1n) is 22.0. The number of hydrogen-bond donors (Lipinski definition) is 2. The largest absolute Gasteiger partial charge is 0.393 e. The molecular weight excluding hydrogens is 576 g/mol. The highest BCUT2D eigenvalue weighted by molar-refractivity contribution is 4.68. The number of rotatable bonds is 40. The summed E-state index contributed by atoms with van der Waals surface area (Å²) in [5.74, 6) is 0.429. The summed E-state index contributed by atoms with van der Waals surface area (Å²) in [6, 6.07) is 0. The highest BCUT2D eigenvalue weighted by Gasteiger charge is 2.19. The molecule has 3 nitrogen and oxygen atoms in total. The predicted octanol–water partition coefficient (Wildman–Crippen LogP) is 14.3. The molecule has 0 rings (SSSR count). The van der Waals surface area contributed by atoms with Crippen molar-refractivity contribution < 1.29 is 14.9 Å². The van der Waals surface area contributed by atoms with Gasteiger partial charge in [-0.3, -0.25) is 0 Å². The molecule has 0 bridgehead atoms. The van der Waals surface area contributed by atoms with Crippen LogP contribution in [0.5, 0.6) is 0 Å². The van der Waals surface area contributed by atoms with Gasteiger partial charge in [-0.05, 0) is 26.7 Å². The Balaban J connectivity index is 3.68. The lowest BCUT2D eigenvalue weighted by Gasteiger charge is -2.24. The molecule has 0 aromatic heterocycles. The Labute approximate surface area is 297 Å². The maximum Gasteiger partial charge on any atom is 0.0562 e. The molecule has 2 N–H and O–H groups in total. The van der Waals surface area contributed by atoms with Gasteiger partial charge in [0, 0.05) is 11.8 Å². The second kappa shape index (κ2) is 38.7. The van der Waals surface area contributed by atoms with Gasteiger partial charge in [0.1, 0.15) is 0 Å². The summed E-state index contributed by atoms with van der Waals surface area (Å²) < 4.78 is 6.12. The first-order chi connectivity index (χ1) is 23.0. The molecule has 0 saturated carbocycles. The lowest BCUT2D eigenvalue weighted by Crippen LogP contribution is -2.27. The maximum absolute atomic E-state index is 10.3. The first-order valence-corrected chi connectivity index (χ1v) is 22.0. The van der Waals surface area contributed by atoms with Gasteiger partial charge in [-0.15, -0.1) is 0 Å². The third-order valence-electron chi connectivity index (χ3n) is 10.9. The van der Waals surface area contributed by atoms with Crippen LogP contribution in [-0.4, -0.2) is 35.6 Å². The predicted molar refractivity (Wildman–Crippen MR) is 209 cm³/mol. The van der Waals surface area contributed by atoms with E-state index in [1.807, 2.05) is 13.8 Å². The summed E-state index contributed by atoms with van der Waals surface area (Å²) >= 11 is 0. The molecule has 0 radical (unpaired) electrons. The van der Waals surface area contributed by atoms with Gasteiger partial charge >= 0.3 is 0 Å². The molecule has 0 amide bonds. The van der Waals surface area contributed by atoms with E-state index in [-0.39, 0.29) is 24.0 Å². The summed E-state index contributed by atoms with van der Waals surface area (Å²) in [5, 5.41) is 20.7. The summed E-state index contributed by atoms with van der Waals surface area (Å²) in [6.45, 7) is 9.67. The molecule has 0 aliphatic carbocycles. The molecule has 0 aliphatic rings. The van der Waals surface area contributed by atoms with Crippen LogP contribution in [0, 0.1) is 11.8 Å². The normalized spacial score (nSPS) is 14.4. The Kier molecular flexibility index (Phi) is 38.6. The highest BCUT2D eigenvalue weighted by atomic mass is 16.5. The Morgan fingerprint density at radius 2 is 0.511 bits per heavy atom.